The topological polar surface area (TPSA) is 198 Å². The molecule has 2 bridgehead atoms. The number of aliphatic hydroxyl groups is 1. The number of piperidine rings is 2. The van der Waals surface area contributed by atoms with Gasteiger partial charge in [-0.2, -0.15) is 9.97 Å². The van der Waals surface area contributed by atoms with Gasteiger partial charge in [0.05, 0.1) is 39.2 Å². The van der Waals surface area contributed by atoms with Crippen LogP contribution < -0.4 is 25.2 Å². The van der Waals surface area contributed by atoms with E-state index in [1.165, 1.54) is 29.2 Å². The molecule has 6 atom stereocenters. The lowest BCUT2D eigenvalue weighted by Gasteiger charge is -2.40. The van der Waals surface area contributed by atoms with Crippen molar-refractivity contribution in [2.24, 2.45) is 17.8 Å². The Morgan fingerprint density at radius 2 is 1.66 bits per heavy atom. The van der Waals surface area contributed by atoms with Crippen LogP contribution in [0.4, 0.5) is 20.4 Å². The Balaban J connectivity index is 0.654. The van der Waals surface area contributed by atoms with Gasteiger partial charge in [-0.3, -0.25) is 19.5 Å². The number of nitrogens with zero attached hydrogens (tertiary/aromatic N) is 9. The molecule has 82 heavy (non-hydrogen) atoms. The van der Waals surface area contributed by atoms with Crippen LogP contribution in [0.3, 0.4) is 0 Å². The summed E-state index contributed by atoms with van der Waals surface area (Å²) >= 11 is 1.59. The molecule has 2 unspecified atom stereocenters. The normalized spacial score (nSPS) is 21.6. The molecule has 7 aromatic rings. The summed E-state index contributed by atoms with van der Waals surface area (Å²) in [5, 5.41) is 33.9. The zero-order valence-electron chi connectivity index (χ0n) is 46.7. The van der Waals surface area contributed by atoms with E-state index in [1.54, 1.807) is 17.5 Å². The van der Waals surface area contributed by atoms with Crippen molar-refractivity contribution < 1.29 is 37.8 Å². The third-order valence-corrected chi connectivity index (χ3v) is 18.8. The molecule has 4 N–H and O–H groups in total. The monoisotopic (exact) mass is 1130 g/mol. The number of aliphatic hydroxyl groups excluding tert-OH is 1. The molecular formula is C62H69F2N11O6S. The SMILES string of the molecule is C#Cc1c(F)ccc2cc(O)cc(-c3ncc4c(N5CC6CCC(C5)N6)nc(OCCN5CCC(C6CCN(c7cc([C@@H](C(=O)N8C[C@H](O)C[C@H]8C(=O)N[C@@H](C)c8ccc(-c9scnc9C)cc8)C(C)C)on7)CC6)CC5)nc4c3F)c12. The third-order valence-electron chi connectivity index (χ3n) is 17.8. The van der Waals surface area contributed by atoms with Gasteiger partial charge in [-0.1, -0.05) is 55.3 Å². The summed E-state index contributed by atoms with van der Waals surface area (Å²) < 4.78 is 44.4. The van der Waals surface area contributed by atoms with Gasteiger partial charge in [-0.05, 0) is 118 Å². The standard InChI is InChI=1S/C62H69F2N11O6S/c1-6-46-49(63)14-11-41-25-44(76)26-47(54(41)46)56-55(64)57-48(29-65-56)59(74-30-42-12-13-43(31-74)68-42)70-62(69-57)80-24-23-72-19-15-38(16-20-72)39-17-21-73(22-18-39)52-28-51(81-71-52)53(34(2)3)61(79)75-32-45(77)27-50(75)60(78)67-35(4)37-7-9-40(10-8-37)58-36(5)66-33-82-58/h1,7-11,14,25-26,28-29,33-35,38-39,42-43,45,50,53,68,76-77H,12-13,15-24,27,30-32H2,2-5H3,(H,67,78)/t35-,42?,43?,45+,50-,53-/m0/s1. The molecule has 0 saturated carbocycles. The second kappa shape index (κ2) is 23.1. The molecule has 2 amide bonds. The van der Waals surface area contributed by atoms with Crippen LogP contribution in [0.15, 0.2) is 70.8 Å². The molecule has 17 nitrogen and oxygen atoms in total. The van der Waals surface area contributed by atoms with Gasteiger partial charge >= 0.3 is 6.01 Å². The minimum atomic E-state index is -0.829. The minimum absolute atomic E-state index is 0.0131. The first kappa shape index (κ1) is 55.2. The van der Waals surface area contributed by atoms with Gasteiger partial charge < -0.3 is 44.8 Å². The van der Waals surface area contributed by atoms with Crippen molar-refractivity contribution in [1.29, 1.82) is 0 Å². The van der Waals surface area contributed by atoms with Crippen molar-refractivity contribution in [2.45, 2.75) is 109 Å². The molecule has 12 rings (SSSR count). The molecule has 5 aliphatic rings. The number of thiazole rings is 1. The number of anilines is 2. The maximum absolute atomic E-state index is 17.1. The van der Waals surface area contributed by atoms with Crippen LogP contribution in [-0.4, -0.2) is 140 Å². The zero-order chi connectivity index (χ0) is 56.9. The smallest absolute Gasteiger partial charge is 0.319 e. The van der Waals surface area contributed by atoms with Gasteiger partial charge in [0, 0.05) is 81.0 Å². The van der Waals surface area contributed by atoms with Crippen molar-refractivity contribution in [3.63, 3.8) is 0 Å². The van der Waals surface area contributed by atoms with Crippen LogP contribution in [0, 0.1) is 48.7 Å². The number of halogens is 2. The second-order valence-corrected chi connectivity index (χ2v) is 24.2. The van der Waals surface area contributed by atoms with E-state index >= 15 is 8.78 Å². The lowest BCUT2D eigenvalue weighted by Crippen LogP contribution is -2.51. The molecule has 0 radical (unpaired) electrons. The largest absolute Gasteiger partial charge is 0.508 e. The minimum Gasteiger partial charge on any atom is -0.508 e. The van der Waals surface area contributed by atoms with Crippen LogP contribution >= 0.6 is 11.3 Å². The average Bonchev–Trinajstić information content (AvgIpc) is 4.48. The van der Waals surface area contributed by atoms with Crippen LogP contribution in [-0.2, 0) is 9.59 Å². The molecule has 5 saturated heterocycles. The number of benzene rings is 3. The number of piperazine rings is 1. The summed E-state index contributed by atoms with van der Waals surface area (Å²) in [4.78, 5) is 56.2. The number of hydrogen-bond acceptors (Lipinski definition) is 16. The van der Waals surface area contributed by atoms with Crippen molar-refractivity contribution >= 4 is 56.5 Å². The summed E-state index contributed by atoms with van der Waals surface area (Å²) in [6.45, 7) is 13.7. The van der Waals surface area contributed by atoms with E-state index < -0.39 is 29.7 Å². The van der Waals surface area contributed by atoms with E-state index in [2.05, 4.69) is 51.4 Å². The van der Waals surface area contributed by atoms with Crippen LogP contribution in [0.25, 0.3) is 43.4 Å². The van der Waals surface area contributed by atoms with E-state index in [-0.39, 0.29) is 88.3 Å². The summed E-state index contributed by atoms with van der Waals surface area (Å²) in [6.07, 6.45) is 12.8. The number of terminal acetylenes is 1. The number of carbonyl (C=O) groups is 2. The fraction of sp³-hybridized carbons (Fsp3) is 0.468. The number of aromatic nitrogens is 5. The summed E-state index contributed by atoms with van der Waals surface area (Å²) in [7, 11) is 0. The number of likely N-dealkylation sites (tertiary alicyclic amines) is 2. The van der Waals surface area contributed by atoms with Gasteiger partial charge in [-0.25, -0.2) is 13.8 Å². The van der Waals surface area contributed by atoms with E-state index in [0.29, 0.717) is 66.2 Å². The number of amides is 2. The highest BCUT2D eigenvalue weighted by Gasteiger charge is 2.44. The number of phenols is 1. The maximum atomic E-state index is 17.1. The van der Waals surface area contributed by atoms with Crippen LogP contribution in [0.5, 0.6) is 11.8 Å². The Bertz CT molecular complexity index is 3540. The van der Waals surface area contributed by atoms with E-state index in [1.807, 2.05) is 63.5 Å². The molecule has 428 valence electrons. The summed E-state index contributed by atoms with van der Waals surface area (Å²) in [6, 6.07) is 14.9. The summed E-state index contributed by atoms with van der Waals surface area (Å²) in [5.74, 6) is 2.27. The first-order valence-electron chi connectivity index (χ1n) is 28.8. The Kier molecular flexibility index (Phi) is 15.6. The van der Waals surface area contributed by atoms with E-state index in [9.17, 15) is 19.8 Å². The molecule has 9 heterocycles. The number of aryl methyl sites for hydroxylation is 1. The lowest BCUT2D eigenvalue weighted by atomic mass is 9.79. The van der Waals surface area contributed by atoms with Gasteiger partial charge in [-0.15, -0.1) is 17.8 Å². The average molecular weight is 1130 g/mol. The van der Waals surface area contributed by atoms with Gasteiger partial charge in [0.1, 0.15) is 47.2 Å². The predicted molar refractivity (Wildman–Crippen MR) is 311 cm³/mol. The van der Waals surface area contributed by atoms with Gasteiger partial charge in [0.25, 0.3) is 0 Å². The maximum Gasteiger partial charge on any atom is 0.319 e. The molecule has 20 heteroatoms. The summed E-state index contributed by atoms with van der Waals surface area (Å²) in [5.41, 5.74) is 4.79. The molecule has 3 aromatic carbocycles. The third kappa shape index (κ3) is 11.0. The Morgan fingerprint density at radius 1 is 0.927 bits per heavy atom. The van der Waals surface area contributed by atoms with Gasteiger partial charge in [0.15, 0.2) is 17.4 Å². The Morgan fingerprint density at radius 3 is 2.35 bits per heavy atom. The first-order chi connectivity index (χ1) is 39.7. The van der Waals surface area contributed by atoms with Gasteiger partial charge in [0.2, 0.25) is 11.8 Å². The fourth-order valence-electron chi connectivity index (χ4n) is 13.4. The van der Waals surface area contributed by atoms with E-state index in [0.717, 1.165) is 86.4 Å². The number of fused-ring (bicyclic) bond motifs is 4. The Hall–Kier alpha value is -7.31. The Labute approximate surface area is 479 Å². The quantitative estimate of drug-likeness (QED) is 0.0711. The number of β-amino-alcohol motifs (C(OH)–C–C–N with tert-alkyl or cyclic N) is 1. The number of aromatic hydroxyl groups is 1. The lowest BCUT2D eigenvalue weighted by molar-refractivity contribution is -0.141. The molecule has 5 fully saturated rings. The number of pyridine rings is 1. The van der Waals surface area contributed by atoms with Crippen molar-refractivity contribution in [3.8, 4) is 45.8 Å². The fourth-order valence-corrected chi connectivity index (χ4v) is 14.3. The number of ether oxygens (including phenoxy) is 1. The van der Waals surface area contributed by atoms with Crippen LogP contribution in [0.2, 0.25) is 0 Å². The van der Waals surface area contributed by atoms with Crippen molar-refractivity contribution in [1.82, 2.24) is 45.5 Å². The molecule has 0 aliphatic carbocycles. The number of nitrogens with one attached hydrogen (secondary N) is 2. The zero-order valence-corrected chi connectivity index (χ0v) is 47.5. The number of hydrogen-bond donors (Lipinski definition) is 4. The predicted octanol–water partition coefficient (Wildman–Crippen LogP) is 8.76. The highest BCUT2D eigenvalue weighted by atomic mass is 32.1. The number of rotatable bonds is 15. The van der Waals surface area contributed by atoms with Crippen LogP contribution in [0.1, 0.15) is 100 Å². The van der Waals surface area contributed by atoms with E-state index in [4.69, 9.17) is 20.7 Å². The first-order valence-corrected chi connectivity index (χ1v) is 29.7. The highest BCUT2D eigenvalue weighted by Crippen LogP contribution is 2.41. The molecular weight excluding hydrogens is 1060 g/mol. The van der Waals surface area contributed by atoms with Crippen molar-refractivity contribution in [3.05, 3.63) is 101 Å². The number of carbonyl (C=O) groups excluding carboxylic acids is 2. The second-order valence-electron chi connectivity index (χ2n) is 23.4. The number of phenolic OH excluding ortho intramolecular Hbond substituents is 1. The van der Waals surface area contributed by atoms with Crippen molar-refractivity contribution in [2.75, 3.05) is 68.8 Å². The molecule has 5 aliphatic heterocycles. The molecule has 4 aromatic heterocycles. The highest BCUT2D eigenvalue weighted by molar-refractivity contribution is 7.13. The molecule has 0 spiro atoms.